The van der Waals surface area contributed by atoms with Gasteiger partial charge in [-0.3, -0.25) is 4.79 Å². The highest BCUT2D eigenvalue weighted by molar-refractivity contribution is 5.88. The second-order valence-electron chi connectivity index (χ2n) is 13.2. The minimum absolute atomic E-state index is 0.317. The molecule has 0 spiro atoms. The van der Waals surface area contributed by atoms with E-state index in [1.54, 1.807) is 0 Å². The molecule has 0 bridgehead atoms. The summed E-state index contributed by atoms with van der Waals surface area (Å²) in [7, 11) is 0. The van der Waals surface area contributed by atoms with Crippen molar-refractivity contribution >= 4 is 11.0 Å². The lowest BCUT2D eigenvalue weighted by atomic mass is 9.97. The average molecular weight is 789 g/mol. The lowest BCUT2D eigenvalue weighted by molar-refractivity contribution is -0.362. The lowest BCUT2D eigenvalue weighted by Gasteiger charge is -2.46. The standard InChI is InChI=1S/C33H40O22/c1-8-18(39)23(44)25(46)32(50-8)54-29-21(42)15(6-34)52-31(27(29)48)49-7-16-20(41)24(45)26(47)33(53-16)55-30-22(43)17-11(36)4-10(35)5-14(17)51-28(30)9-2-12(37)19(40)13(38)3-9/h2-5,8,15-16,18,20-21,23-27,29,31-42,44-48H,6-7H2,1H3/t8-,15+,16-,18+,20-,21-,23+,24+,25-,26-,27+,29+,31-,32+,33+/m1/s1. The molecule has 22 heteroatoms. The summed E-state index contributed by atoms with van der Waals surface area (Å²) in [5.74, 6) is -5.49. The van der Waals surface area contributed by atoms with Crippen molar-refractivity contribution < 1.29 is 104 Å². The van der Waals surface area contributed by atoms with Crippen LogP contribution in [0.15, 0.2) is 33.5 Å². The van der Waals surface area contributed by atoms with E-state index in [4.69, 9.17) is 32.8 Å². The van der Waals surface area contributed by atoms with Crippen LogP contribution >= 0.6 is 0 Å². The quantitative estimate of drug-likeness (QED) is 0.0915. The van der Waals surface area contributed by atoms with Gasteiger partial charge < -0.3 is 104 Å². The Morgan fingerprint density at radius 3 is 1.93 bits per heavy atom. The second kappa shape index (κ2) is 15.8. The summed E-state index contributed by atoms with van der Waals surface area (Å²) >= 11 is 0. The Morgan fingerprint density at radius 1 is 0.655 bits per heavy atom. The third-order valence-electron chi connectivity index (χ3n) is 9.50. The maximum atomic E-state index is 13.8. The molecule has 3 fully saturated rings. The molecule has 1 aromatic heterocycles. The highest BCUT2D eigenvalue weighted by atomic mass is 16.7. The molecule has 0 unspecified atom stereocenters. The normalized spacial score (nSPS) is 36.9. The third-order valence-corrected chi connectivity index (χ3v) is 9.50. The Bertz CT molecular complexity index is 1880. The molecule has 55 heavy (non-hydrogen) atoms. The molecule has 4 heterocycles. The Kier molecular flexibility index (Phi) is 11.6. The van der Waals surface area contributed by atoms with Crippen molar-refractivity contribution in [3.8, 4) is 45.8 Å². The van der Waals surface area contributed by atoms with Gasteiger partial charge in [0.2, 0.25) is 17.5 Å². The number of phenols is 5. The molecule has 0 radical (unpaired) electrons. The van der Waals surface area contributed by atoms with E-state index < -0.39 is 162 Å². The summed E-state index contributed by atoms with van der Waals surface area (Å²) < 4.78 is 39.0. The minimum atomic E-state index is -2.12. The summed E-state index contributed by atoms with van der Waals surface area (Å²) in [6.07, 6.45) is -26.5. The SMILES string of the molecule is C[C@H]1O[C@@H](O[C@@H]2[C@H](O)[C@H](OC[C@H]3O[C@@H](Oc4c(-c5cc(O)c(O)c(O)c5)oc5cc(O)cc(O)c5c4=O)[C@H](O)[C@@H](O)[C@@H]3O)O[C@@H](CO)[C@H]2O)[C@H](O)[C@@H](O)[C@H]1O. The molecule has 0 amide bonds. The molecule has 22 nitrogen and oxygen atoms in total. The van der Waals surface area contributed by atoms with Crippen molar-refractivity contribution in [2.45, 2.75) is 99.0 Å². The highest BCUT2D eigenvalue weighted by Gasteiger charge is 2.52. The van der Waals surface area contributed by atoms with Crippen molar-refractivity contribution in [3.63, 3.8) is 0 Å². The molecule has 2 aromatic carbocycles. The van der Waals surface area contributed by atoms with Crippen LogP contribution in [0, 0.1) is 0 Å². The smallest absolute Gasteiger partial charge is 0.239 e. The van der Waals surface area contributed by atoms with Gasteiger partial charge in [-0.05, 0) is 19.1 Å². The number of hydrogen-bond acceptors (Lipinski definition) is 22. The topological polar surface area (TPSA) is 369 Å². The van der Waals surface area contributed by atoms with Crippen LogP contribution < -0.4 is 10.2 Å². The van der Waals surface area contributed by atoms with E-state index in [9.17, 15) is 76.3 Å². The van der Waals surface area contributed by atoms with E-state index in [1.165, 1.54) is 6.92 Å². The molecular formula is C33H40O22. The zero-order chi connectivity index (χ0) is 40.2. The molecule has 0 saturated carbocycles. The molecule has 304 valence electrons. The zero-order valence-electron chi connectivity index (χ0n) is 28.4. The van der Waals surface area contributed by atoms with Crippen molar-refractivity contribution in [1.82, 2.24) is 0 Å². The van der Waals surface area contributed by atoms with Crippen LogP contribution in [0.2, 0.25) is 0 Å². The summed E-state index contributed by atoms with van der Waals surface area (Å²) in [4.78, 5) is 13.8. The van der Waals surface area contributed by atoms with Crippen molar-refractivity contribution in [3.05, 3.63) is 34.5 Å². The monoisotopic (exact) mass is 788 g/mol. The van der Waals surface area contributed by atoms with E-state index in [1.807, 2.05) is 0 Å². The van der Waals surface area contributed by atoms with Gasteiger partial charge in [-0.1, -0.05) is 0 Å². The molecule has 3 aromatic rings. The highest BCUT2D eigenvalue weighted by Crippen LogP contribution is 2.43. The van der Waals surface area contributed by atoms with Crippen LogP contribution in [0.4, 0.5) is 0 Å². The summed E-state index contributed by atoms with van der Waals surface area (Å²) in [5, 5.41) is 145. The number of rotatable bonds is 9. The molecule has 3 aliphatic heterocycles. The van der Waals surface area contributed by atoms with Crippen LogP contribution in [0.25, 0.3) is 22.3 Å². The van der Waals surface area contributed by atoms with Crippen molar-refractivity contribution in [2.75, 3.05) is 13.2 Å². The van der Waals surface area contributed by atoms with E-state index in [2.05, 4.69) is 0 Å². The number of benzene rings is 2. The van der Waals surface area contributed by atoms with Gasteiger partial charge in [-0.25, -0.2) is 0 Å². The molecule has 6 rings (SSSR count). The van der Waals surface area contributed by atoms with Crippen molar-refractivity contribution in [2.24, 2.45) is 0 Å². The number of aliphatic hydroxyl groups is 9. The summed E-state index contributed by atoms with van der Waals surface area (Å²) in [6, 6.07) is 3.44. The van der Waals surface area contributed by atoms with Gasteiger partial charge in [0.15, 0.2) is 35.6 Å². The van der Waals surface area contributed by atoms with Crippen LogP contribution in [-0.2, 0) is 23.7 Å². The Hall–Kier alpha value is -4.11. The zero-order valence-corrected chi connectivity index (χ0v) is 28.4. The predicted molar refractivity (Wildman–Crippen MR) is 174 cm³/mol. The van der Waals surface area contributed by atoms with Crippen LogP contribution in [0.5, 0.6) is 34.5 Å². The van der Waals surface area contributed by atoms with Crippen LogP contribution in [-0.4, -0.2) is 177 Å². The van der Waals surface area contributed by atoms with Crippen molar-refractivity contribution in [1.29, 1.82) is 0 Å². The average Bonchev–Trinajstić information content (AvgIpc) is 3.14. The van der Waals surface area contributed by atoms with Crippen LogP contribution in [0.3, 0.4) is 0 Å². The molecule has 3 aliphatic rings. The Balaban J connectivity index is 1.26. The Labute approximate surface area is 307 Å². The Morgan fingerprint density at radius 2 is 1.27 bits per heavy atom. The van der Waals surface area contributed by atoms with Gasteiger partial charge in [0.1, 0.15) is 89.6 Å². The maximum Gasteiger partial charge on any atom is 0.239 e. The van der Waals surface area contributed by atoms with E-state index in [0.717, 1.165) is 24.3 Å². The number of ether oxygens (including phenoxy) is 6. The third kappa shape index (κ3) is 7.58. The first-order chi connectivity index (χ1) is 25.9. The number of aliphatic hydroxyl groups excluding tert-OH is 9. The van der Waals surface area contributed by atoms with Gasteiger partial charge in [0.25, 0.3) is 0 Å². The number of hydrogen-bond donors (Lipinski definition) is 14. The first kappa shape index (κ1) is 40.6. The number of fused-ring (bicyclic) bond motifs is 1. The van der Waals surface area contributed by atoms with Gasteiger partial charge in [-0.15, -0.1) is 0 Å². The van der Waals surface area contributed by atoms with Gasteiger partial charge in [0, 0.05) is 17.7 Å². The fourth-order valence-electron chi connectivity index (χ4n) is 6.39. The number of phenolic OH excluding ortho intramolecular Hbond substituents is 5. The largest absolute Gasteiger partial charge is 0.508 e. The maximum absolute atomic E-state index is 13.8. The second-order valence-corrected chi connectivity index (χ2v) is 13.2. The fourth-order valence-corrected chi connectivity index (χ4v) is 6.39. The number of aromatic hydroxyl groups is 5. The van der Waals surface area contributed by atoms with Gasteiger partial charge in [-0.2, -0.15) is 0 Å². The van der Waals surface area contributed by atoms with E-state index in [0.29, 0.717) is 0 Å². The van der Waals surface area contributed by atoms with E-state index in [-0.39, 0.29) is 5.56 Å². The molecule has 0 aliphatic carbocycles. The van der Waals surface area contributed by atoms with E-state index >= 15 is 0 Å². The fraction of sp³-hybridized carbons (Fsp3) is 0.545. The predicted octanol–water partition coefficient (Wildman–Crippen LogP) is -4.16. The molecule has 14 N–H and O–H groups in total. The first-order valence-corrected chi connectivity index (χ1v) is 16.7. The van der Waals surface area contributed by atoms with Gasteiger partial charge >= 0.3 is 0 Å². The summed E-state index contributed by atoms with van der Waals surface area (Å²) in [5.41, 5.74) is -1.90. The molecular weight excluding hydrogens is 748 g/mol. The lowest BCUT2D eigenvalue weighted by Crippen LogP contribution is -2.65. The molecule has 3 saturated heterocycles. The minimum Gasteiger partial charge on any atom is -0.508 e. The summed E-state index contributed by atoms with van der Waals surface area (Å²) in [6.45, 7) is -0.304. The molecule has 15 atom stereocenters. The van der Waals surface area contributed by atoms with Crippen LogP contribution in [0.1, 0.15) is 6.92 Å². The first-order valence-electron chi connectivity index (χ1n) is 16.7. The van der Waals surface area contributed by atoms with Gasteiger partial charge in [0.05, 0.1) is 19.3 Å².